The molecule has 0 aliphatic heterocycles. The third kappa shape index (κ3) is 4.33. The molecule has 0 spiro atoms. The average Bonchev–Trinajstić information content (AvgIpc) is 3.01. The van der Waals surface area contributed by atoms with Gasteiger partial charge in [-0.15, -0.1) is 0 Å². The van der Waals surface area contributed by atoms with Gasteiger partial charge in [0.15, 0.2) is 0 Å². The van der Waals surface area contributed by atoms with Crippen molar-refractivity contribution in [1.29, 1.82) is 0 Å². The third-order valence-corrected chi connectivity index (χ3v) is 5.86. The van der Waals surface area contributed by atoms with Gasteiger partial charge in [-0.05, 0) is 30.5 Å². The molecule has 2 N–H and O–H groups in total. The standard InChI is InChI=1S/C16H21NO6S/c1-23-15(20)16(8-2-3-9-16)11-24(21,22)17-10-12-4-6-13(7-5-12)14(18)19/h4-7,17H,2-3,8-11H2,1H3,(H,18,19). The van der Waals surface area contributed by atoms with Gasteiger partial charge in [0.2, 0.25) is 10.0 Å². The second-order valence-electron chi connectivity index (χ2n) is 6.06. The highest BCUT2D eigenvalue weighted by Crippen LogP contribution is 2.40. The van der Waals surface area contributed by atoms with Crippen molar-refractivity contribution in [2.75, 3.05) is 12.9 Å². The number of hydrogen-bond acceptors (Lipinski definition) is 5. The SMILES string of the molecule is COC(=O)C1(CS(=O)(=O)NCc2ccc(C(=O)O)cc2)CCCC1. The van der Waals surface area contributed by atoms with Crippen LogP contribution in [0.15, 0.2) is 24.3 Å². The highest BCUT2D eigenvalue weighted by atomic mass is 32.2. The molecule has 1 aromatic rings. The molecule has 0 radical (unpaired) electrons. The number of ether oxygens (including phenoxy) is 1. The first-order valence-corrected chi connectivity index (χ1v) is 9.31. The van der Waals surface area contributed by atoms with E-state index in [0.29, 0.717) is 18.4 Å². The van der Waals surface area contributed by atoms with Gasteiger partial charge in [-0.25, -0.2) is 17.9 Å². The van der Waals surface area contributed by atoms with Crippen LogP contribution in [0.5, 0.6) is 0 Å². The van der Waals surface area contributed by atoms with Crippen LogP contribution in [-0.2, 0) is 26.1 Å². The zero-order chi connectivity index (χ0) is 17.8. The second-order valence-corrected chi connectivity index (χ2v) is 7.87. The Bertz CT molecular complexity index is 705. The molecule has 1 saturated carbocycles. The van der Waals surface area contributed by atoms with Gasteiger partial charge in [0.25, 0.3) is 0 Å². The van der Waals surface area contributed by atoms with Crippen LogP contribution in [0.4, 0.5) is 0 Å². The Hall–Kier alpha value is -1.93. The maximum absolute atomic E-state index is 12.3. The smallest absolute Gasteiger partial charge is 0.335 e. The normalized spacial score (nSPS) is 16.7. The van der Waals surface area contributed by atoms with E-state index in [1.165, 1.54) is 19.2 Å². The van der Waals surface area contributed by atoms with E-state index in [2.05, 4.69) is 4.72 Å². The topological polar surface area (TPSA) is 110 Å². The van der Waals surface area contributed by atoms with E-state index < -0.39 is 27.4 Å². The van der Waals surface area contributed by atoms with E-state index in [-0.39, 0.29) is 17.9 Å². The first kappa shape index (κ1) is 18.4. The summed E-state index contributed by atoms with van der Waals surface area (Å²) in [6.07, 6.45) is 2.63. The van der Waals surface area contributed by atoms with Gasteiger partial charge in [-0.2, -0.15) is 0 Å². The van der Waals surface area contributed by atoms with Crippen LogP contribution >= 0.6 is 0 Å². The molecule has 2 rings (SSSR count). The molecule has 7 nitrogen and oxygen atoms in total. The van der Waals surface area contributed by atoms with Gasteiger partial charge in [0.1, 0.15) is 0 Å². The van der Waals surface area contributed by atoms with E-state index in [1.807, 2.05) is 0 Å². The van der Waals surface area contributed by atoms with E-state index in [1.54, 1.807) is 12.1 Å². The predicted octanol–water partition coefficient (Wildman–Crippen LogP) is 1.54. The van der Waals surface area contributed by atoms with Gasteiger partial charge >= 0.3 is 11.9 Å². The molecule has 1 fully saturated rings. The number of carbonyl (C=O) groups excluding carboxylic acids is 1. The average molecular weight is 355 g/mol. The first-order chi connectivity index (χ1) is 11.3. The Morgan fingerprint density at radius 2 is 1.79 bits per heavy atom. The minimum atomic E-state index is -3.67. The number of hydrogen-bond donors (Lipinski definition) is 2. The van der Waals surface area contributed by atoms with Crippen LogP contribution in [0.2, 0.25) is 0 Å². The van der Waals surface area contributed by atoms with E-state index in [0.717, 1.165) is 12.8 Å². The Morgan fingerprint density at radius 3 is 2.29 bits per heavy atom. The molecule has 24 heavy (non-hydrogen) atoms. The molecule has 8 heteroatoms. The van der Waals surface area contributed by atoms with Crippen molar-refractivity contribution in [3.8, 4) is 0 Å². The summed E-state index contributed by atoms with van der Waals surface area (Å²) in [7, 11) is -2.40. The Morgan fingerprint density at radius 1 is 1.21 bits per heavy atom. The van der Waals surface area contributed by atoms with Crippen LogP contribution in [0, 0.1) is 5.41 Å². The largest absolute Gasteiger partial charge is 0.478 e. The van der Waals surface area contributed by atoms with Crippen molar-refractivity contribution < 1.29 is 27.9 Å². The number of nitrogens with one attached hydrogen (secondary N) is 1. The lowest BCUT2D eigenvalue weighted by Gasteiger charge is -2.25. The number of esters is 1. The molecule has 1 aliphatic rings. The minimum Gasteiger partial charge on any atom is -0.478 e. The number of carbonyl (C=O) groups is 2. The lowest BCUT2D eigenvalue weighted by Crippen LogP contribution is -2.40. The molecular weight excluding hydrogens is 334 g/mol. The third-order valence-electron chi connectivity index (χ3n) is 4.34. The zero-order valence-electron chi connectivity index (χ0n) is 13.4. The second kappa shape index (κ2) is 7.31. The number of rotatable bonds is 7. The fourth-order valence-electron chi connectivity index (χ4n) is 3.05. The van der Waals surface area contributed by atoms with Gasteiger partial charge < -0.3 is 9.84 Å². The van der Waals surface area contributed by atoms with Crippen LogP contribution in [0.3, 0.4) is 0 Å². The quantitative estimate of drug-likeness (QED) is 0.718. The molecule has 132 valence electrons. The number of methoxy groups -OCH3 is 1. The highest BCUT2D eigenvalue weighted by Gasteiger charge is 2.45. The Kier molecular flexibility index (Phi) is 5.61. The fraction of sp³-hybridized carbons (Fsp3) is 0.500. The van der Waals surface area contributed by atoms with Gasteiger partial charge in [0.05, 0.1) is 23.8 Å². The molecule has 0 aromatic heterocycles. The van der Waals surface area contributed by atoms with E-state index in [4.69, 9.17) is 9.84 Å². The molecule has 0 saturated heterocycles. The lowest BCUT2D eigenvalue weighted by molar-refractivity contribution is -0.151. The van der Waals surface area contributed by atoms with Gasteiger partial charge in [-0.1, -0.05) is 25.0 Å². The lowest BCUT2D eigenvalue weighted by atomic mass is 9.89. The van der Waals surface area contributed by atoms with Crippen LogP contribution in [0.1, 0.15) is 41.6 Å². The zero-order valence-corrected chi connectivity index (χ0v) is 14.3. The maximum Gasteiger partial charge on any atom is 0.335 e. The van der Waals surface area contributed by atoms with Crippen molar-refractivity contribution in [3.63, 3.8) is 0 Å². The monoisotopic (exact) mass is 355 g/mol. The van der Waals surface area contributed by atoms with Gasteiger partial charge in [-0.3, -0.25) is 4.79 Å². The summed E-state index contributed by atoms with van der Waals surface area (Å²) in [4.78, 5) is 22.8. The molecule has 0 atom stereocenters. The summed E-state index contributed by atoms with van der Waals surface area (Å²) >= 11 is 0. The highest BCUT2D eigenvalue weighted by molar-refractivity contribution is 7.89. The fourth-order valence-corrected chi connectivity index (χ4v) is 4.67. The Balaban J connectivity index is 2.02. The van der Waals surface area contributed by atoms with Crippen molar-refractivity contribution in [3.05, 3.63) is 35.4 Å². The van der Waals surface area contributed by atoms with Gasteiger partial charge in [0, 0.05) is 6.54 Å². The number of sulfonamides is 1. The van der Waals surface area contributed by atoms with E-state index >= 15 is 0 Å². The number of carboxylic acids is 1. The summed E-state index contributed by atoms with van der Waals surface area (Å²) in [5.41, 5.74) is -0.187. The Labute approximate surface area is 141 Å². The predicted molar refractivity (Wildman–Crippen MR) is 86.9 cm³/mol. The van der Waals surface area contributed by atoms with Crippen LogP contribution in [-0.4, -0.2) is 38.3 Å². The van der Waals surface area contributed by atoms with Crippen LogP contribution in [0.25, 0.3) is 0 Å². The molecule has 0 unspecified atom stereocenters. The first-order valence-electron chi connectivity index (χ1n) is 7.66. The van der Waals surface area contributed by atoms with Crippen molar-refractivity contribution in [2.24, 2.45) is 5.41 Å². The maximum atomic E-state index is 12.3. The molecular formula is C16H21NO6S. The minimum absolute atomic E-state index is 0.0412. The van der Waals surface area contributed by atoms with Crippen LogP contribution < -0.4 is 4.72 Å². The summed E-state index contributed by atoms with van der Waals surface area (Å²) in [6.45, 7) is 0.0412. The summed E-state index contributed by atoms with van der Waals surface area (Å²) in [6, 6.07) is 5.94. The molecule has 1 aliphatic carbocycles. The number of carboxylic acid groups (broad SMARTS) is 1. The molecule has 1 aromatic carbocycles. The molecule has 0 amide bonds. The summed E-state index contributed by atoms with van der Waals surface area (Å²) < 4.78 is 32.0. The van der Waals surface area contributed by atoms with Crippen molar-refractivity contribution in [1.82, 2.24) is 4.72 Å². The summed E-state index contributed by atoms with van der Waals surface area (Å²) in [5, 5.41) is 8.84. The number of benzene rings is 1. The number of aromatic carboxylic acids is 1. The van der Waals surface area contributed by atoms with Crippen molar-refractivity contribution >= 4 is 22.0 Å². The summed E-state index contributed by atoms with van der Waals surface area (Å²) in [5.74, 6) is -1.81. The molecule has 0 heterocycles. The van der Waals surface area contributed by atoms with E-state index in [9.17, 15) is 18.0 Å². The molecule has 0 bridgehead atoms. The van der Waals surface area contributed by atoms with Crippen molar-refractivity contribution in [2.45, 2.75) is 32.2 Å².